The molecule has 0 saturated heterocycles. The Bertz CT molecular complexity index is 590. The van der Waals surface area contributed by atoms with Gasteiger partial charge < -0.3 is 15.0 Å². The third-order valence-electron chi connectivity index (χ3n) is 2.63. The summed E-state index contributed by atoms with van der Waals surface area (Å²) < 4.78 is 2.86. The lowest BCUT2D eigenvalue weighted by atomic mass is 10.2. The molecule has 96 valence electrons. The predicted octanol–water partition coefficient (Wildman–Crippen LogP) is 2.74. The molecule has 0 fully saturated rings. The summed E-state index contributed by atoms with van der Waals surface area (Å²) in [5.74, 6) is -0.109. The van der Waals surface area contributed by atoms with Crippen LogP contribution in [-0.4, -0.2) is 21.7 Å². The molecule has 0 spiro atoms. The Morgan fingerprint density at radius 2 is 2.28 bits per heavy atom. The number of rotatable bonds is 3. The first kappa shape index (κ1) is 13.1. The van der Waals surface area contributed by atoms with Gasteiger partial charge in [0, 0.05) is 29.5 Å². The molecule has 0 aliphatic carbocycles. The van der Waals surface area contributed by atoms with Crippen LogP contribution in [0.2, 0.25) is 0 Å². The van der Waals surface area contributed by atoms with Gasteiger partial charge in [-0.3, -0.25) is 4.79 Å². The predicted molar refractivity (Wildman–Crippen MR) is 75.6 cm³/mol. The molecule has 2 N–H and O–H groups in total. The third kappa shape index (κ3) is 2.57. The van der Waals surface area contributed by atoms with E-state index < -0.39 is 6.10 Å². The van der Waals surface area contributed by atoms with E-state index in [9.17, 15) is 9.90 Å². The highest BCUT2D eigenvalue weighted by atomic mass is 79.9. The fourth-order valence-electron chi connectivity index (χ4n) is 2.03. The molecule has 1 heterocycles. The Morgan fingerprint density at radius 3 is 2.89 bits per heavy atom. The summed E-state index contributed by atoms with van der Waals surface area (Å²) in [7, 11) is 0. The summed E-state index contributed by atoms with van der Waals surface area (Å²) in [5.41, 5.74) is 1.74. The SMILES string of the molecule is CC(=O)Nc1cn(CC(C)O)c2cccc(Br)c12. The van der Waals surface area contributed by atoms with Crippen LogP contribution in [0, 0.1) is 0 Å². The van der Waals surface area contributed by atoms with E-state index >= 15 is 0 Å². The van der Waals surface area contributed by atoms with Crippen molar-refractivity contribution in [1.29, 1.82) is 0 Å². The van der Waals surface area contributed by atoms with Gasteiger partial charge in [-0.2, -0.15) is 0 Å². The van der Waals surface area contributed by atoms with Crippen LogP contribution in [0.15, 0.2) is 28.9 Å². The van der Waals surface area contributed by atoms with Crippen LogP contribution in [0.4, 0.5) is 5.69 Å². The number of hydrogen-bond donors (Lipinski definition) is 2. The van der Waals surface area contributed by atoms with Gasteiger partial charge in [0.15, 0.2) is 0 Å². The molecule has 2 rings (SSSR count). The maximum Gasteiger partial charge on any atom is 0.221 e. The molecular formula is C13H15BrN2O2. The minimum atomic E-state index is -0.440. The van der Waals surface area contributed by atoms with Crippen molar-refractivity contribution in [2.75, 3.05) is 5.32 Å². The first-order chi connectivity index (χ1) is 8.49. The van der Waals surface area contributed by atoms with Gasteiger partial charge in [0.25, 0.3) is 0 Å². The Kier molecular flexibility index (Phi) is 3.73. The Labute approximate surface area is 114 Å². The molecule has 0 radical (unpaired) electrons. The minimum absolute atomic E-state index is 0.109. The average molecular weight is 311 g/mol. The molecule has 4 nitrogen and oxygen atoms in total. The van der Waals surface area contributed by atoms with Crippen LogP contribution in [0.5, 0.6) is 0 Å². The highest BCUT2D eigenvalue weighted by Gasteiger charge is 2.13. The zero-order valence-corrected chi connectivity index (χ0v) is 11.9. The van der Waals surface area contributed by atoms with E-state index in [4.69, 9.17) is 0 Å². The average Bonchev–Trinajstić information content (AvgIpc) is 2.56. The summed E-state index contributed by atoms with van der Waals surface area (Å²) in [6, 6.07) is 5.83. The summed E-state index contributed by atoms with van der Waals surface area (Å²) in [6.07, 6.45) is 1.41. The van der Waals surface area contributed by atoms with Crippen molar-refractivity contribution in [3.05, 3.63) is 28.9 Å². The Hall–Kier alpha value is -1.33. The van der Waals surface area contributed by atoms with Gasteiger partial charge in [-0.1, -0.05) is 22.0 Å². The highest BCUT2D eigenvalue weighted by Crippen LogP contribution is 2.32. The van der Waals surface area contributed by atoms with Crippen LogP contribution in [0.1, 0.15) is 13.8 Å². The number of carbonyl (C=O) groups is 1. The summed E-state index contributed by atoms with van der Waals surface area (Å²) >= 11 is 3.49. The van der Waals surface area contributed by atoms with Crippen molar-refractivity contribution in [3.63, 3.8) is 0 Å². The first-order valence-corrected chi connectivity index (χ1v) is 6.51. The lowest BCUT2D eigenvalue weighted by Gasteiger charge is -2.07. The number of nitrogens with one attached hydrogen (secondary N) is 1. The lowest BCUT2D eigenvalue weighted by molar-refractivity contribution is -0.114. The van der Waals surface area contributed by atoms with Gasteiger partial charge in [0.1, 0.15) is 0 Å². The van der Waals surface area contributed by atoms with Crippen molar-refractivity contribution in [2.24, 2.45) is 0 Å². The summed E-state index contributed by atoms with van der Waals surface area (Å²) in [5, 5.41) is 13.3. The second-order valence-corrected chi connectivity index (χ2v) is 5.21. The highest BCUT2D eigenvalue weighted by molar-refractivity contribution is 9.10. The molecular weight excluding hydrogens is 296 g/mol. The smallest absolute Gasteiger partial charge is 0.221 e. The van der Waals surface area contributed by atoms with Gasteiger partial charge in [0.2, 0.25) is 5.91 Å². The quantitative estimate of drug-likeness (QED) is 0.916. The van der Waals surface area contributed by atoms with Crippen molar-refractivity contribution in [2.45, 2.75) is 26.5 Å². The number of anilines is 1. The van der Waals surface area contributed by atoms with E-state index in [0.29, 0.717) is 6.54 Å². The van der Waals surface area contributed by atoms with Crippen LogP contribution >= 0.6 is 15.9 Å². The minimum Gasteiger partial charge on any atom is -0.392 e. The molecule has 0 aliphatic heterocycles. The van der Waals surface area contributed by atoms with Gasteiger partial charge in [-0.25, -0.2) is 0 Å². The number of halogens is 1. The number of aromatic nitrogens is 1. The fraction of sp³-hybridized carbons (Fsp3) is 0.308. The number of hydrogen-bond acceptors (Lipinski definition) is 2. The number of fused-ring (bicyclic) bond motifs is 1. The molecule has 1 amide bonds. The van der Waals surface area contributed by atoms with Crippen molar-refractivity contribution in [1.82, 2.24) is 4.57 Å². The number of aliphatic hydroxyl groups is 1. The van der Waals surface area contributed by atoms with Crippen molar-refractivity contribution in [3.8, 4) is 0 Å². The summed E-state index contributed by atoms with van der Waals surface area (Å²) in [4.78, 5) is 11.2. The topological polar surface area (TPSA) is 54.3 Å². The van der Waals surface area contributed by atoms with Crippen LogP contribution in [-0.2, 0) is 11.3 Å². The molecule has 0 aliphatic rings. The fourth-order valence-corrected chi connectivity index (χ4v) is 2.60. The normalized spacial score (nSPS) is 12.7. The maximum absolute atomic E-state index is 11.2. The standard InChI is InChI=1S/C13H15BrN2O2/c1-8(17)6-16-7-11(15-9(2)18)13-10(14)4-3-5-12(13)16/h3-5,7-8,17H,6H2,1-2H3,(H,15,18). The zero-order valence-electron chi connectivity index (χ0n) is 10.3. The van der Waals surface area contributed by atoms with E-state index in [1.54, 1.807) is 6.92 Å². The number of aliphatic hydroxyl groups excluding tert-OH is 1. The molecule has 1 aromatic heterocycles. The van der Waals surface area contributed by atoms with Crippen LogP contribution < -0.4 is 5.32 Å². The number of carbonyl (C=O) groups excluding carboxylic acids is 1. The number of nitrogens with zero attached hydrogens (tertiary/aromatic N) is 1. The molecule has 0 bridgehead atoms. The van der Waals surface area contributed by atoms with Gasteiger partial charge in [-0.05, 0) is 19.1 Å². The van der Waals surface area contributed by atoms with Crippen LogP contribution in [0.3, 0.4) is 0 Å². The number of amides is 1. The van der Waals surface area contributed by atoms with Crippen molar-refractivity contribution >= 4 is 38.4 Å². The van der Waals surface area contributed by atoms with E-state index in [2.05, 4.69) is 21.2 Å². The molecule has 0 saturated carbocycles. The molecule has 1 unspecified atom stereocenters. The van der Waals surface area contributed by atoms with Crippen LogP contribution in [0.25, 0.3) is 10.9 Å². The molecule has 18 heavy (non-hydrogen) atoms. The van der Waals surface area contributed by atoms with Crippen molar-refractivity contribution < 1.29 is 9.90 Å². The van der Waals surface area contributed by atoms with Gasteiger partial charge >= 0.3 is 0 Å². The lowest BCUT2D eigenvalue weighted by Crippen LogP contribution is -2.10. The molecule has 5 heteroatoms. The van der Waals surface area contributed by atoms with E-state index in [-0.39, 0.29) is 5.91 Å². The monoisotopic (exact) mass is 310 g/mol. The van der Waals surface area contributed by atoms with Gasteiger partial charge in [-0.15, -0.1) is 0 Å². The number of benzene rings is 1. The largest absolute Gasteiger partial charge is 0.392 e. The molecule has 1 aromatic carbocycles. The maximum atomic E-state index is 11.2. The summed E-state index contributed by atoms with van der Waals surface area (Å²) in [6.45, 7) is 3.71. The Morgan fingerprint density at radius 1 is 1.56 bits per heavy atom. The second kappa shape index (κ2) is 5.12. The first-order valence-electron chi connectivity index (χ1n) is 5.72. The zero-order chi connectivity index (χ0) is 13.3. The van der Waals surface area contributed by atoms with Gasteiger partial charge in [0.05, 0.1) is 17.3 Å². The molecule has 2 aromatic rings. The molecule has 1 atom stereocenters. The van der Waals surface area contributed by atoms with E-state index in [1.807, 2.05) is 29.0 Å². The van der Waals surface area contributed by atoms with E-state index in [1.165, 1.54) is 6.92 Å². The second-order valence-electron chi connectivity index (χ2n) is 4.36. The third-order valence-corrected chi connectivity index (χ3v) is 3.29. The van der Waals surface area contributed by atoms with E-state index in [0.717, 1.165) is 21.1 Å². The Balaban J connectivity index is 2.59.